The van der Waals surface area contributed by atoms with E-state index in [1.165, 1.54) is 22.7 Å². The third-order valence-corrected chi connectivity index (χ3v) is 4.76. The number of amides is 3. The van der Waals surface area contributed by atoms with Gasteiger partial charge in [0.15, 0.2) is 0 Å². The molecule has 3 N–H and O–H groups in total. The van der Waals surface area contributed by atoms with Crippen molar-refractivity contribution in [3.05, 3.63) is 41.2 Å². The Morgan fingerprint density at radius 2 is 2.09 bits per heavy atom. The van der Waals surface area contributed by atoms with Crippen LogP contribution in [0.25, 0.3) is 0 Å². The van der Waals surface area contributed by atoms with E-state index in [4.69, 9.17) is 5.73 Å². The average molecular weight is 354 g/mol. The van der Waals surface area contributed by atoms with Gasteiger partial charge in [0.1, 0.15) is 21.4 Å². The van der Waals surface area contributed by atoms with Gasteiger partial charge in [-0.3, -0.25) is 10.1 Å². The molecular formula is C14H15FN4O2S2. The van der Waals surface area contributed by atoms with Crippen molar-refractivity contribution < 1.29 is 14.0 Å². The van der Waals surface area contributed by atoms with Crippen LogP contribution in [0, 0.1) is 5.82 Å². The van der Waals surface area contributed by atoms with E-state index in [-0.39, 0.29) is 22.4 Å². The van der Waals surface area contributed by atoms with Gasteiger partial charge in [0.05, 0.1) is 0 Å². The molecule has 0 aliphatic rings. The maximum atomic E-state index is 13.6. The molecule has 2 rings (SSSR count). The van der Waals surface area contributed by atoms with Crippen LogP contribution in [0.4, 0.5) is 14.2 Å². The Hall–Kier alpha value is -2.13. The van der Waals surface area contributed by atoms with Gasteiger partial charge in [-0.05, 0) is 23.2 Å². The van der Waals surface area contributed by atoms with Crippen LogP contribution in [-0.4, -0.2) is 35.3 Å². The number of thioether (sulfide) groups is 1. The SMILES string of the molecule is CN(C)C(=O)Nc1snc(SCc2ccccc2F)c1C(N)=O. The van der Waals surface area contributed by atoms with Crippen molar-refractivity contribution in [3.63, 3.8) is 0 Å². The first-order valence-corrected chi connectivity index (χ1v) is 8.30. The lowest BCUT2D eigenvalue weighted by Crippen LogP contribution is -2.28. The number of nitrogens with two attached hydrogens (primary N) is 1. The Morgan fingerprint density at radius 3 is 2.70 bits per heavy atom. The van der Waals surface area contributed by atoms with Crippen molar-refractivity contribution in [2.75, 3.05) is 19.4 Å². The van der Waals surface area contributed by atoms with E-state index < -0.39 is 5.91 Å². The molecule has 0 aliphatic heterocycles. The Bertz CT molecular complexity index is 733. The highest BCUT2D eigenvalue weighted by Gasteiger charge is 2.21. The number of aromatic nitrogens is 1. The Labute approximate surface area is 141 Å². The standard InChI is InChI=1S/C14H15FN4O2S2/c1-19(2)14(21)17-12-10(11(16)20)13(18-23-12)22-7-8-5-3-4-6-9(8)15/h3-6H,7H2,1-2H3,(H2,16,20)(H,17,21). The van der Waals surface area contributed by atoms with Crippen LogP contribution in [0.2, 0.25) is 0 Å². The van der Waals surface area contributed by atoms with Gasteiger partial charge in [-0.15, -0.1) is 0 Å². The summed E-state index contributed by atoms with van der Waals surface area (Å²) < 4.78 is 17.8. The summed E-state index contributed by atoms with van der Waals surface area (Å²) in [5.74, 6) is -0.710. The number of benzene rings is 1. The second-order valence-corrected chi connectivity index (χ2v) is 6.50. The van der Waals surface area contributed by atoms with E-state index >= 15 is 0 Å². The molecule has 0 saturated heterocycles. The van der Waals surface area contributed by atoms with E-state index in [1.807, 2.05) is 0 Å². The molecule has 1 heterocycles. The van der Waals surface area contributed by atoms with Gasteiger partial charge in [-0.25, -0.2) is 9.18 Å². The Balaban J connectivity index is 2.19. The topological polar surface area (TPSA) is 88.3 Å². The molecule has 122 valence electrons. The normalized spacial score (nSPS) is 10.4. The number of primary amides is 1. The minimum atomic E-state index is -0.691. The molecule has 1 aromatic carbocycles. The van der Waals surface area contributed by atoms with Gasteiger partial charge >= 0.3 is 6.03 Å². The van der Waals surface area contributed by atoms with Crippen LogP contribution in [0.5, 0.6) is 0 Å². The van der Waals surface area contributed by atoms with Crippen LogP contribution < -0.4 is 11.1 Å². The molecule has 9 heteroatoms. The number of hydrogen-bond donors (Lipinski definition) is 2. The summed E-state index contributed by atoms with van der Waals surface area (Å²) in [4.78, 5) is 24.7. The molecule has 0 bridgehead atoms. The number of carbonyl (C=O) groups is 2. The number of halogens is 1. The van der Waals surface area contributed by atoms with Crippen molar-refractivity contribution in [2.45, 2.75) is 10.8 Å². The number of hydrogen-bond acceptors (Lipinski definition) is 5. The fourth-order valence-electron chi connectivity index (χ4n) is 1.65. The zero-order valence-corrected chi connectivity index (χ0v) is 14.1. The number of urea groups is 1. The molecule has 0 fully saturated rings. The van der Waals surface area contributed by atoms with Crippen molar-refractivity contribution in [1.29, 1.82) is 0 Å². The highest BCUT2D eigenvalue weighted by Crippen LogP contribution is 2.33. The second-order valence-electron chi connectivity index (χ2n) is 4.76. The van der Waals surface area contributed by atoms with Crippen molar-refractivity contribution in [3.8, 4) is 0 Å². The quantitative estimate of drug-likeness (QED) is 0.808. The average Bonchev–Trinajstić information content (AvgIpc) is 2.89. The van der Waals surface area contributed by atoms with Gasteiger partial charge < -0.3 is 10.6 Å². The smallest absolute Gasteiger partial charge is 0.321 e. The monoisotopic (exact) mass is 354 g/mol. The lowest BCUT2D eigenvalue weighted by molar-refractivity contribution is 0.0998. The molecule has 0 radical (unpaired) electrons. The minimum absolute atomic E-state index is 0.145. The maximum absolute atomic E-state index is 13.6. The van der Waals surface area contributed by atoms with Crippen LogP contribution in [0.15, 0.2) is 29.3 Å². The first-order valence-electron chi connectivity index (χ1n) is 6.54. The summed E-state index contributed by atoms with van der Waals surface area (Å²) in [7, 11) is 3.16. The lowest BCUT2D eigenvalue weighted by Gasteiger charge is -2.11. The van der Waals surface area contributed by atoms with Gasteiger partial charge in [0, 0.05) is 19.8 Å². The van der Waals surface area contributed by atoms with E-state index in [2.05, 4.69) is 9.69 Å². The molecule has 0 aliphatic carbocycles. The van der Waals surface area contributed by atoms with E-state index in [1.54, 1.807) is 32.3 Å². The summed E-state index contributed by atoms with van der Waals surface area (Å²) in [6, 6.07) is 5.98. The highest BCUT2D eigenvalue weighted by atomic mass is 32.2. The Morgan fingerprint density at radius 1 is 1.39 bits per heavy atom. The highest BCUT2D eigenvalue weighted by molar-refractivity contribution is 7.98. The fraction of sp³-hybridized carbons (Fsp3) is 0.214. The summed E-state index contributed by atoms with van der Waals surface area (Å²) >= 11 is 2.16. The predicted octanol–water partition coefficient (Wildman–Crippen LogP) is 2.77. The Kier molecular flexibility index (Phi) is 5.56. The summed E-state index contributed by atoms with van der Waals surface area (Å²) in [5, 5.41) is 3.24. The minimum Gasteiger partial charge on any atom is -0.365 e. The van der Waals surface area contributed by atoms with Crippen LogP contribution in [0.3, 0.4) is 0 Å². The van der Waals surface area contributed by atoms with Crippen molar-refractivity contribution in [2.24, 2.45) is 5.73 Å². The van der Waals surface area contributed by atoms with Crippen LogP contribution in [0.1, 0.15) is 15.9 Å². The molecule has 6 nitrogen and oxygen atoms in total. The number of anilines is 1. The molecular weight excluding hydrogens is 339 g/mol. The first-order chi connectivity index (χ1) is 10.9. The molecule has 0 spiro atoms. The second kappa shape index (κ2) is 7.42. The van der Waals surface area contributed by atoms with Gasteiger partial charge in [0.25, 0.3) is 5.91 Å². The first kappa shape index (κ1) is 17.2. The van der Waals surface area contributed by atoms with Crippen LogP contribution >= 0.6 is 23.3 Å². The summed E-state index contributed by atoms with van der Waals surface area (Å²) in [6.45, 7) is 0. The van der Waals surface area contributed by atoms with Crippen LogP contribution in [-0.2, 0) is 5.75 Å². The molecule has 3 amide bonds. The predicted molar refractivity (Wildman–Crippen MR) is 89.3 cm³/mol. The summed E-state index contributed by atoms with van der Waals surface area (Å²) in [5.41, 5.74) is 6.03. The maximum Gasteiger partial charge on any atom is 0.321 e. The number of rotatable bonds is 5. The molecule has 0 unspecified atom stereocenters. The fourth-order valence-corrected chi connectivity index (χ4v) is 3.59. The number of nitrogens with one attached hydrogen (secondary N) is 1. The molecule has 1 aromatic heterocycles. The lowest BCUT2D eigenvalue weighted by atomic mass is 10.2. The molecule has 0 atom stereocenters. The molecule has 0 saturated carbocycles. The zero-order chi connectivity index (χ0) is 17.0. The number of carbonyl (C=O) groups excluding carboxylic acids is 2. The third-order valence-electron chi connectivity index (χ3n) is 2.86. The largest absolute Gasteiger partial charge is 0.365 e. The van der Waals surface area contributed by atoms with Crippen molar-refractivity contribution in [1.82, 2.24) is 9.27 Å². The van der Waals surface area contributed by atoms with E-state index in [9.17, 15) is 14.0 Å². The third kappa shape index (κ3) is 4.20. The molecule has 2 aromatic rings. The molecule has 23 heavy (non-hydrogen) atoms. The summed E-state index contributed by atoms with van der Waals surface area (Å²) in [6.07, 6.45) is 0. The zero-order valence-electron chi connectivity index (χ0n) is 12.5. The van der Waals surface area contributed by atoms with Gasteiger partial charge in [-0.2, -0.15) is 4.37 Å². The van der Waals surface area contributed by atoms with Crippen molar-refractivity contribution >= 4 is 40.2 Å². The van der Waals surface area contributed by atoms with Gasteiger partial charge in [-0.1, -0.05) is 30.0 Å². The van der Waals surface area contributed by atoms with E-state index in [0.717, 1.165) is 11.5 Å². The van der Waals surface area contributed by atoms with Gasteiger partial charge in [0.2, 0.25) is 0 Å². The van der Waals surface area contributed by atoms with E-state index in [0.29, 0.717) is 16.3 Å². The number of nitrogens with zero attached hydrogens (tertiary/aromatic N) is 2.